The van der Waals surface area contributed by atoms with Crippen LogP contribution < -0.4 is 5.32 Å². The van der Waals surface area contributed by atoms with E-state index in [0.29, 0.717) is 0 Å². The number of likely N-dealkylation sites (tertiary alicyclic amines) is 2. The molecule has 3 aliphatic heterocycles. The van der Waals surface area contributed by atoms with Crippen LogP contribution in [-0.4, -0.2) is 53.4 Å². The Morgan fingerprint density at radius 2 is 1.73 bits per heavy atom. The Hall–Kier alpha value is -2.31. The normalized spacial score (nSPS) is 26.5. The monoisotopic (exact) mass is 408 g/mol. The number of aromatic nitrogens is 1. The third-order valence-corrected chi connectivity index (χ3v) is 7.57. The molecular weight excluding hydrogens is 379 g/mol. The van der Waals surface area contributed by atoms with Gasteiger partial charge in [0.1, 0.15) is 5.82 Å². The van der Waals surface area contributed by atoms with Crippen molar-refractivity contribution in [3.63, 3.8) is 0 Å². The number of fused-ring (bicyclic) bond motifs is 1. The fourth-order valence-electron chi connectivity index (χ4n) is 6.00. The lowest BCUT2D eigenvalue weighted by atomic mass is 9.60. The minimum atomic E-state index is -0.267. The number of hydrogen-bond acceptors (Lipinski definition) is 4. The highest BCUT2D eigenvalue weighted by atomic mass is 19.1. The molecule has 2 aromatic rings. The summed E-state index contributed by atoms with van der Waals surface area (Å²) in [7, 11) is 0. The zero-order chi connectivity index (χ0) is 20.6. The van der Waals surface area contributed by atoms with E-state index in [4.69, 9.17) is 0 Å². The van der Waals surface area contributed by atoms with Gasteiger partial charge in [-0.15, -0.1) is 0 Å². The Morgan fingerprint density at radius 3 is 2.40 bits per heavy atom. The van der Waals surface area contributed by atoms with E-state index in [1.165, 1.54) is 17.7 Å². The second-order valence-electron chi connectivity index (χ2n) is 9.28. The zero-order valence-corrected chi connectivity index (χ0v) is 17.3. The van der Waals surface area contributed by atoms with Crippen LogP contribution in [-0.2, 0) is 17.9 Å². The van der Waals surface area contributed by atoms with E-state index in [0.717, 1.165) is 70.6 Å². The molecule has 4 heterocycles. The molecule has 1 N–H and O–H groups in total. The van der Waals surface area contributed by atoms with Crippen LogP contribution in [0.5, 0.6) is 0 Å². The van der Waals surface area contributed by atoms with E-state index in [1.807, 2.05) is 24.4 Å². The Balaban J connectivity index is 1.31. The van der Waals surface area contributed by atoms with E-state index in [1.54, 1.807) is 6.20 Å². The molecular formula is C24H29FN4O. The summed E-state index contributed by atoms with van der Waals surface area (Å²) in [5, 5.41) is 3.14. The van der Waals surface area contributed by atoms with Gasteiger partial charge in [-0.2, -0.15) is 0 Å². The van der Waals surface area contributed by atoms with Gasteiger partial charge in [0.05, 0.1) is 5.41 Å². The molecule has 3 aliphatic rings. The third kappa shape index (κ3) is 3.42. The molecule has 1 aromatic carbocycles. The molecule has 0 bridgehead atoms. The Bertz CT molecular complexity index is 895. The maximum atomic E-state index is 13.2. The predicted octanol–water partition coefficient (Wildman–Crippen LogP) is 2.83. The largest absolute Gasteiger partial charge is 0.356 e. The van der Waals surface area contributed by atoms with Crippen molar-refractivity contribution in [3.8, 4) is 0 Å². The molecule has 1 atom stereocenters. The Kier molecular flexibility index (Phi) is 5.07. The van der Waals surface area contributed by atoms with Crippen LogP contribution in [0.1, 0.15) is 30.4 Å². The van der Waals surface area contributed by atoms with Crippen molar-refractivity contribution in [2.45, 2.75) is 32.4 Å². The Labute approximate surface area is 177 Å². The fourth-order valence-corrected chi connectivity index (χ4v) is 6.00. The average Bonchev–Trinajstić information content (AvgIpc) is 3.27. The molecule has 6 heteroatoms. The van der Waals surface area contributed by atoms with Crippen molar-refractivity contribution >= 4 is 5.91 Å². The van der Waals surface area contributed by atoms with Crippen molar-refractivity contribution < 1.29 is 9.18 Å². The first-order chi connectivity index (χ1) is 14.6. The standard InChI is InChI=1S/C24H29FN4O/c25-21-5-3-19(4-6-21)15-28-12-8-23(9-13-28)17-29(16-20-2-1-10-26-14-20)18-24(23)7-11-27-22(24)30/h1-6,10,14H,7-9,11-13,15-18H2,(H,27,30)/t24-/m0/s1. The number of benzene rings is 1. The second kappa shape index (κ2) is 7.75. The first kappa shape index (κ1) is 19.6. The summed E-state index contributed by atoms with van der Waals surface area (Å²) in [5.41, 5.74) is 2.12. The van der Waals surface area contributed by atoms with Crippen molar-refractivity contribution in [3.05, 3.63) is 65.7 Å². The van der Waals surface area contributed by atoms with E-state index in [-0.39, 0.29) is 22.6 Å². The highest BCUT2D eigenvalue weighted by Gasteiger charge is 2.63. The smallest absolute Gasteiger partial charge is 0.228 e. The number of rotatable bonds is 4. The molecule has 3 fully saturated rings. The van der Waals surface area contributed by atoms with Crippen LogP contribution in [0.15, 0.2) is 48.8 Å². The highest BCUT2D eigenvalue weighted by Crippen LogP contribution is 2.56. The third-order valence-electron chi connectivity index (χ3n) is 7.57. The molecule has 30 heavy (non-hydrogen) atoms. The number of carbonyl (C=O) groups excluding carboxylic acids is 1. The summed E-state index contributed by atoms with van der Waals surface area (Å²) in [5.74, 6) is 0.0633. The van der Waals surface area contributed by atoms with Crippen LogP contribution in [0.3, 0.4) is 0 Å². The topological polar surface area (TPSA) is 48.5 Å². The molecule has 1 amide bonds. The molecule has 0 saturated carbocycles. The predicted molar refractivity (Wildman–Crippen MR) is 113 cm³/mol. The summed E-state index contributed by atoms with van der Waals surface area (Å²) in [4.78, 5) is 22.2. The minimum absolute atomic E-state index is 0.0368. The molecule has 2 spiro atoms. The number of amides is 1. The quantitative estimate of drug-likeness (QED) is 0.845. The van der Waals surface area contributed by atoms with Gasteiger partial charge in [0.2, 0.25) is 5.91 Å². The van der Waals surface area contributed by atoms with Crippen LogP contribution >= 0.6 is 0 Å². The van der Waals surface area contributed by atoms with Crippen LogP contribution in [0.25, 0.3) is 0 Å². The first-order valence-electron chi connectivity index (χ1n) is 11.0. The summed E-state index contributed by atoms with van der Waals surface area (Å²) >= 11 is 0. The number of hydrogen-bond donors (Lipinski definition) is 1. The summed E-state index contributed by atoms with van der Waals surface area (Å²) in [6, 6.07) is 10.9. The lowest BCUT2D eigenvalue weighted by molar-refractivity contribution is -0.134. The van der Waals surface area contributed by atoms with Crippen molar-refractivity contribution in [1.29, 1.82) is 0 Å². The number of piperidine rings is 1. The molecule has 0 aliphatic carbocycles. The SMILES string of the molecule is O=C1NCC[C@]12CN(Cc1cccnc1)CC21CCN(Cc2ccc(F)cc2)CC1. The van der Waals surface area contributed by atoms with Crippen molar-refractivity contribution in [2.24, 2.45) is 10.8 Å². The number of nitrogens with zero attached hydrogens (tertiary/aromatic N) is 3. The van der Waals surface area contributed by atoms with Crippen molar-refractivity contribution in [2.75, 3.05) is 32.7 Å². The minimum Gasteiger partial charge on any atom is -0.356 e. The Morgan fingerprint density at radius 1 is 0.967 bits per heavy atom. The maximum absolute atomic E-state index is 13.2. The number of halogens is 1. The van der Waals surface area contributed by atoms with Gasteiger partial charge in [-0.1, -0.05) is 18.2 Å². The fraction of sp³-hybridized carbons (Fsp3) is 0.500. The molecule has 5 nitrogen and oxygen atoms in total. The number of nitrogens with one attached hydrogen (secondary N) is 1. The van der Waals surface area contributed by atoms with Crippen LogP contribution in [0.4, 0.5) is 4.39 Å². The van der Waals surface area contributed by atoms with Gasteiger partial charge in [-0.05, 0) is 61.7 Å². The molecule has 3 saturated heterocycles. The van der Waals surface area contributed by atoms with E-state index >= 15 is 0 Å². The first-order valence-corrected chi connectivity index (χ1v) is 11.0. The number of carbonyl (C=O) groups is 1. The molecule has 0 unspecified atom stereocenters. The zero-order valence-electron chi connectivity index (χ0n) is 17.3. The van der Waals surface area contributed by atoms with Gasteiger partial charge in [0.15, 0.2) is 0 Å². The van der Waals surface area contributed by atoms with Gasteiger partial charge in [-0.25, -0.2) is 4.39 Å². The summed E-state index contributed by atoms with van der Waals surface area (Å²) in [6.45, 7) is 6.26. The van der Waals surface area contributed by atoms with E-state index < -0.39 is 0 Å². The van der Waals surface area contributed by atoms with Gasteiger partial charge < -0.3 is 5.32 Å². The van der Waals surface area contributed by atoms with E-state index in [9.17, 15) is 9.18 Å². The van der Waals surface area contributed by atoms with Crippen LogP contribution in [0.2, 0.25) is 0 Å². The number of pyridine rings is 1. The molecule has 5 rings (SSSR count). The lowest BCUT2D eigenvalue weighted by Gasteiger charge is -2.46. The van der Waals surface area contributed by atoms with Gasteiger partial charge in [0, 0.05) is 50.5 Å². The maximum Gasteiger partial charge on any atom is 0.228 e. The van der Waals surface area contributed by atoms with Gasteiger partial charge in [0.25, 0.3) is 0 Å². The molecule has 158 valence electrons. The highest BCUT2D eigenvalue weighted by molar-refractivity contribution is 5.86. The van der Waals surface area contributed by atoms with Crippen molar-refractivity contribution in [1.82, 2.24) is 20.1 Å². The van der Waals surface area contributed by atoms with Crippen LogP contribution in [0, 0.1) is 16.6 Å². The summed E-state index contributed by atoms with van der Waals surface area (Å²) < 4.78 is 13.2. The summed E-state index contributed by atoms with van der Waals surface area (Å²) in [6.07, 6.45) is 6.74. The molecule has 1 aromatic heterocycles. The lowest BCUT2D eigenvalue weighted by Crippen LogP contribution is -2.52. The van der Waals surface area contributed by atoms with Gasteiger partial charge in [-0.3, -0.25) is 19.6 Å². The van der Waals surface area contributed by atoms with E-state index in [2.05, 4.69) is 26.2 Å². The second-order valence-corrected chi connectivity index (χ2v) is 9.28. The van der Waals surface area contributed by atoms with Gasteiger partial charge >= 0.3 is 0 Å². The molecule has 0 radical (unpaired) electrons. The average molecular weight is 409 g/mol.